The molecule has 0 spiro atoms. The second-order valence-electron chi connectivity index (χ2n) is 7.60. The van der Waals surface area contributed by atoms with Crippen molar-refractivity contribution in [2.75, 3.05) is 38.0 Å². The van der Waals surface area contributed by atoms with Crippen LogP contribution in [0, 0.1) is 11.8 Å². The number of fused-ring (bicyclic) bond motifs is 2. The smallest absolute Gasteiger partial charge is 0.193 e. The molecule has 1 aliphatic heterocycles. The SMILES string of the molecule is CCNC(=NCCNc1ncnc2c1cnn2C)N1CC2CCCCC2C1. The van der Waals surface area contributed by atoms with Gasteiger partial charge in [0.25, 0.3) is 0 Å². The van der Waals surface area contributed by atoms with Gasteiger partial charge in [-0.1, -0.05) is 12.8 Å². The number of likely N-dealkylation sites (tertiary alicyclic amines) is 1. The summed E-state index contributed by atoms with van der Waals surface area (Å²) < 4.78 is 1.76. The highest BCUT2D eigenvalue weighted by molar-refractivity contribution is 5.86. The van der Waals surface area contributed by atoms with Crippen LogP contribution in [0.3, 0.4) is 0 Å². The number of guanidine groups is 1. The molecular weight excluding hydrogens is 340 g/mol. The Kier molecular flexibility index (Phi) is 5.40. The Bertz CT molecular complexity index is 784. The molecule has 2 unspecified atom stereocenters. The maximum atomic E-state index is 4.86. The van der Waals surface area contributed by atoms with Gasteiger partial charge in [0.05, 0.1) is 18.1 Å². The van der Waals surface area contributed by atoms with E-state index in [0.717, 1.165) is 60.8 Å². The Labute approximate surface area is 160 Å². The van der Waals surface area contributed by atoms with Crippen LogP contribution in [0.2, 0.25) is 0 Å². The van der Waals surface area contributed by atoms with E-state index in [1.807, 2.05) is 7.05 Å². The van der Waals surface area contributed by atoms with Crippen molar-refractivity contribution < 1.29 is 0 Å². The molecule has 2 N–H and O–H groups in total. The van der Waals surface area contributed by atoms with Gasteiger partial charge < -0.3 is 15.5 Å². The zero-order chi connectivity index (χ0) is 18.6. The molecule has 4 rings (SSSR count). The number of hydrogen-bond donors (Lipinski definition) is 2. The van der Waals surface area contributed by atoms with Crippen molar-refractivity contribution in [1.82, 2.24) is 30.0 Å². The van der Waals surface area contributed by atoms with Crippen LogP contribution in [0.25, 0.3) is 11.0 Å². The zero-order valence-corrected chi connectivity index (χ0v) is 16.4. The van der Waals surface area contributed by atoms with E-state index in [9.17, 15) is 0 Å². The van der Waals surface area contributed by atoms with E-state index in [1.165, 1.54) is 25.7 Å². The lowest BCUT2D eigenvalue weighted by Crippen LogP contribution is -2.40. The summed E-state index contributed by atoms with van der Waals surface area (Å²) in [6.45, 7) is 6.80. The van der Waals surface area contributed by atoms with E-state index in [-0.39, 0.29) is 0 Å². The molecule has 3 heterocycles. The largest absolute Gasteiger partial charge is 0.367 e. The third-order valence-corrected chi connectivity index (χ3v) is 5.81. The third-order valence-electron chi connectivity index (χ3n) is 5.81. The summed E-state index contributed by atoms with van der Waals surface area (Å²) in [7, 11) is 1.89. The summed E-state index contributed by atoms with van der Waals surface area (Å²) in [5, 5.41) is 12.1. The zero-order valence-electron chi connectivity index (χ0n) is 16.4. The summed E-state index contributed by atoms with van der Waals surface area (Å²) in [6, 6.07) is 0. The number of hydrogen-bond acceptors (Lipinski definition) is 5. The molecule has 1 saturated carbocycles. The molecule has 1 saturated heterocycles. The fourth-order valence-electron chi connectivity index (χ4n) is 4.44. The molecule has 2 fully saturated rings. The van der Waals surface area contributed by atoms with Crippen LogP contribution in [0.4, 0.5) is 5.82 Å². The van der Waals surface area contributed by atoms with E-state index in [4.69, 9.17) is 4.99 Å². The van der Waals surface area contributed by atoms with Crippen molar-refractivity contribution in [3.8, 4) is 0 Å². The van der Waals surface area contributed by atoms with Gasteiger partial charge in [-0.3, -0.25) is 9.67 Å². The maximum Gasteiger partial charge on any atom is 0.193 e. The molecule has 0 aromatic carbocycles. The van der Waals surface area contributed by atoms with Gasteiger partial charge in [-0.2, -0.15) is 5.10 Å². The van der Waals surface area contributed by atoms with Gasteiger partial charge in [-0.15, -0.1) is 0 Å². The van der Waals surface area contributed by atoms with Crippen molar-refractivity contribution >= 4 is 22.8 Å². The molecule has 8 nitrogen and oxygen atoms in total. The first kappa shape index (κ1) is 18.0. The Hall–Kier alpha value is -2.38. The standard InChI is InChI=1S/C19H30N8/c1-3-20-19(27-11-14-6-4-5-7-15(14)12-27)22-9-8-21-17-16-10-25-26(2)18(16)24-13-23-17/h10,13-15H,3-9,11-12H2,1-2H3,(H,20,22)(H,21,23,24). The summed E-state index contributed by atoms with van der Waals surface area (Å²) in [6.07, 6.45) is 8.94. The summed E-state index contributed by atoms with van der Waals surface area (Å²) >= 11 is 0. The predicted molar refractivity (Wildman–Crippen MR) is 108 cm³/mol. The van der Waals surface area contributed by atoms with Crippen molar-refractivity contribution in [3.05, 3.63) is 12.5 Å². The molecular formula is C19H30N8. The van der Waals surface area contributed by atoms with Crippen molar-refractivity contribution in [1.29, 1.82) is 0 Å². The second-order valence-corrected chi connectivity index (χ2v) is 7.60. The highest BCUT2D eigenvalue weighted by Gasteiger charge is 2.35. The molecule has 2 atom stereocenters. The molecule has 2 aliphatic rings. The molecule has 146 valence electrons. The summed E-state index contributed by atoms with van der Waals surface area (Å²) in [4.78, 5) is 15.9. The van der Waals surface area contributed by atoms with Crippen LogP contribution in [-0.2, 0) is 7.05 Å². The van der Waals surface area contributed by atoms with Crippen LogP contribution >= 0.6 is 0 Å². The van der Waals surface area contributed by atoms with Crippen LogP contribution in [-0.4, -0.2) is 63.3 Å². The fourth-order valence-corrected chi connectivity index (χ4v) is 4.44. The Morgan fingerprint density at radius 2 is 2.00 bits per heavy atom. The van der Waals surface area contributed by atoms with E-state index in [2.05, 4.69) is 37.5 Å². The van der Waals surface area contributed by atoms with Gasteiger partial charge in [-0.05, 0) is 31.6 Å². The van der Waals surface area contributed by atoms with Gasteiger partial charge in [0.2, 0.25) is 0 Å². The molecule has 27 heavy (non-hydrogen) atoms. The fraction of sp³-hybridized carbons (Fsp3) is 0.684. The molecule has 0 bridgehead atoms. The predicted octanol–water partition coefficient (Wildman–Crippen LogP) is 1.86. The highest BCUT2D eigenvalue weighted by Crippen LogP contribution is 2.35. The number of nitrogens with zero attached hydrogens (tertiary/aromatic N) is 6. The maximum absolute atomic E-state index is 4.86. The number of anilines is 1. The second kappa shape index (κ2) is 8.10. The Morgan fingerprint density at radius 3 is 2.74 bits per heavy atom. The summed E-state index contributed by atoms with van der Waals surface area (Å²) in [5.41, 5.74) is 0.837. The molecule has 0 radical (unpaired) electrons. The van der Waals surface area contributed by atoms with Crippen LogP contribution < -0.4 is 10.6 Å². The lowest BCUT2D eigenvalue weighted by Gasteiger charge is -2.22. The number of rotatable bonds is 5. The van der Waals surface area contributed by atoms with E-state index in [0.29, 0.717) is 6.54 Å². The molecule has 0 amide bonds. The van der Waals surface area contributed by atoms with Gasteiger partial charge in [-0.25, -0.2) is 9.97 Å². The molecule has 1 aliphatic carbocycles. The molecule has 2 aromatic rings. The highest BCUT2D eigenvalue weighted by atomic mass is 15.3. The minimum absolute atomic E-state index is 0.708. The minimum Gasteiger partial charge on any atom is -0.367 e. The minimum atomic E-state index is 0.708. The number of aryl methyl sites for hydroxylation is 1. The first-order valence-electron chi connectivity index (χ1n) is 10.2. The van der Waals surface area contributed by atoms with E-state index < -0.39 is 0 Å². The number of aromatic nitrogens is 4. The number of aliphatic imine (C=N–C) groups is 1. The normalized spacial score (nSPS) is 22.9. The first-order chi connectivity index (χ1) is 13.3. The average molecular weight is 371 g/mol. The van der Waals surface area contributed by atoms with Gasteiger partial charge in [0.1, 0.15) is 12.1 Å². The monoisotopic (exact) mass is 370 g/mol. The van der Waals surface area contributed by atoms with Crippen molar-refractivity contribution in [2.45, 2.75) is 32.6 Å². The van der Waals surface area contributed by atoms with Crippen LogP contribution in [0.15, 0.2) is 17.5 Å². The van der Waals surface area contributed by atoms with Gasteiger partial charge in [0, 0.05) is 33.2 Å². The van der Waals surface area contributed by atoms with Crippen molar-refractivity contribution in [2.24, 2.45) is 23.9 Å². The van der Waals surface area contributed by atoms with Gasteiger partial charge >= 0.3 is 0 Å². The van der Waals surface area contributed by atoms with Gasteiger partial charge in [0.15, 0.2) is 11.6 Å². The Morgan fingerprint density at radius 1 is 1.22 bits per heavy atom. The molecule has 2 aromatic heterocycles. The lowest BCUT2D eigenvalue weighted by molar-refractivity contribution is 0.299. The van der Waals surface area contributed by atoms with Crippen LogP contribution in [0.1, 0.15) is 32.6 Å². The van der Waals surface area contributed by atoms with E-state index in [1.54, 1.807) is 17.2 Å². The summed E-state index contributed by atoms with van der Waals surface area (Å²) in [5.74, 6) is 3.60. The van der Waals surface area contributed by atoms with Crippen LogP contribution in [0.5, 0.6) is 0 Å². The lowest BCUT2D eigenvalue weighted by atomic mass is 9.82. The average Bonchev–Trinajstić information content (AvgIpc) is 3.28. The Balaban J connectivity index is 1.36. The van der Waals surface area contributed by atoms with Crippen molar-refractivity contribution in [3.63, 3.8) is 0 Å². The van der Waals surface area contributed by atoms with E-state index >= 15 is 0 Å². The first-order valence-corrected chi connectivity index (χ1v) is 10.2. The topological polar surface area (TPSA) is 83.3 Å². The molecule has 8 heteroatoms. The third kappa shape index (κ3) is 3.84. The quantitative estimate of drug-likeness (QED) is 0.475. The number of nitrogens with one attached hydrogen (secondary N) is 2.